The standard InChI is InChI=1S/C51H62N6O11S2/c1-30-17-35-24-53-40-22-45(44(65-6)21-38(40)49(62)55(35)25-30)67-15-9-7-8-14-66-43-23-41-39(20-32(43)3)50(63)56-26-31(2)18-36(56)27-57(41)51(64)68-16-12-37(58)19-33(4)47(60)54-34(5)42(59)11-10-13-52-48(61)46-28-69-29-70-46/h20-24,28,33-36H,1-2,7-19,25-27,29H2,3-6H3,(H,52,61)(H,54,60)/t33?,34?,35-,36-/m0/s1. The van der Waals surface area contributed by atoms with Gasteiger partial charge in [-0.2, -0.15) is 0 Å². The minimum Gasteiger partial charge on any atom is -0.493 e. The topological polar surface area (TPSA) is 203 Å². The number of anilines is 1. The highest BCUT2D eigenvalue weighted by Gasteiger charge is 2.41. The number of unbranched alkanes of at least 4 members (excludes halogenated alkanes) is 2. The first-order valence-corrected chi connectivity index (χ1v) is 25.8. The summed E-state index contributed by atoms with van der Waals surface area (Å²) in [4.78, 5) is 102. The van der Waals surface area contributed by atoms with E-state index >= 15 is 0 Å². The molecule has 4 atom stereocenters. The molecule has 5 aliphatic rings. The van der Waals surface area contributed by atoms with Gasteiger partial charge in [-0.05, 0) is 75.5 Å². The molecule has 17 nitrogen and oxygen atoms in total. The number of fused-ring (bicyclic) bond motifs is 4. The minimum absolute atomic E-state index is 0.113. The summed E-state index contributed by atoms with van der Waals surface area (Å²) in [6.07, 6.45) is 4.81. The Hall–Kier alpha value is -6.08. The first-order chi connectivity index (χ1) is 33.6. The Morgan fingerprint density at radius 3 is 2.33 bits per heavy atom. The lowest BCUT2D eigenvalue weighted by atomic mass is 10.0. The average molecular weight is 999 g/mol. The van der Waals surface area contributed by atoms with Gasteiger partial charge in [-0.1, -0.05) is 31.2 Å². The number of aryl methyl sites for hydroxylation is 1. The number of carbonyl (C=O) groups excluding carboxylic acids is 7. The van der Waals surface area contributed by atoms with Crippen molar-refractivity contribution in [2.45, 2.75) is 96.7 Å². The normalized spacial score (nSPS) is 19.0. The fourth-order valence-corrected chi connectivity index (χ4v) is 10.9. The fraction of sp³-hybridized carbons (Fsp3) is 0.490. The molecule has 0 aromatic heterocycles. The van der Waals surface area contributed by atoms with Crippen molar-refractivity contribution >= 4 is 82.4 Å². The van der Waals surface area contributed by atoms with Crippen molar-refractivity contribution in [2.24, 2.45) is 10.9 Å². The van der Waals surface area contributed by atoms with Gasteiger partial charge in [0.2, 0.25) is 5.91 Å². The second-order valence-corrected chi connectivity index (χ2v) is 20.5. The molecule has 0 bridgehead atoms. The summed E-state index contributed by atoms with van der Waals surface area (Å²) in [6.45, 7) is 15.1. The molecular weight excluding hydrogens is 937 g/mol. The number of thioether (sulfide) groups is 2. The quantitative estimate of drug-likeness (QED) is 0.0896. The van der Waals surface area contributed by atoms with Crippen LogP contribution < -0.4 is 29.7 Å². The van der Waals surface area contributed by atoms with Gasteiger partial charge >= 0.3 is 6.09 Å². The van der Waals surface area contributed by atoms with Crippen molar-refractivity contribution in [3.8, 4) is 17.2 Å². The second kappa shape index (κ2) is 23.7. The van der Waals surface area contributed by atoms with Crippen molar-refractivity contribution in [1.29, 1.82) is 0 Å². The number of nitrogens with one attached hydrogen (secondary N) is 2. The molecule has 0 saturated carbocycles. The van der Waals surface area contributed by atoms with Gasteiger partial charge in [0.05, 0.1) is 72.4 Å². The molecule has 2 fully saturated rings. The van der Waals surface area contributed by atoms with Gasteiger partial charge in [-0.15, -0.1) is 23.5 Å². The van der Waals surface area contributed by atoms with Crippen LogP contribution in [0, 0.1) is 12.8 Å². The minimum atomic E-state index is -0.766. The molecular formula is C51H62N6O11S2. The molecule has 5 amide bonds. The summed E-state index contributed by atoms with van der Waals surface area (Å²) in [5.41, 5.74) is 4.28. The molecule has 5 aliphatic heterocycles. The van der Waals surface area contributed by atoms with Crippen LogP contribution in [0.1, 0.15) is 97.9 Å². The van der Waals surface area contributed by atoms with Gasteiger partial charge in [0.15, 0.2) is 17.3 Å². The molecule has 0 aliphatic carbocycles. The van der Waals surface area contributed by atoms with Crippen molar-refractivity contribution in [3.63, 3.8) is 0 Å². The zero-order valence-electron chi connectivity index (χ0n) is 40.3. The zero-order chi connectivity index (χ0) is 50.1. The Kier molecular flexibility index (Phi) is 17.5. The van der Waals surface area contributed by atoms with Crippen molar-refractivity contribution in [1.82, 2.24) is 20.4 Å². The van der Waals surface area contributed by atoms with Gasteiger partial charge in [0.25, 0.3) is 17.7 Å². The molecule has 2 unspecified atom stereocenters. The molecule has 2 aromatic rings. The Labute approximate surface area is 417 Å². The van der Waals surface area contributed by atoms with E-state index in [1.54, 1.807) is 65.9 Å². The number of ketones is 2. The van der Waals surface area contributed by atoms with Gasteiger partial charge < -0.3 is 39.4 Å². The molecule has 2 N–H and O–H groups in total. The Morgan fingerprint density at radius 1 is 0.857 bits per heavy atom. The third-order valence-electron chi connectivity index (χ3n) is 12.8. The molecule has 0 radical (unpaired) electrons. The zero-order valence-corrected chi connectivity index (χ0v) is 41.9. The van der Waals surface area contributed by atoms with E-state index in [2.05, 4.69) is 28.8 Å². The van der Waals surface area contributed by atoms with Gasteiger partial charge in [-0.25, -0.2) is 4.79 Å². The number of Topliss-reactive ketones (excluding diaryl/α,β-unsaturated/α-hetero) is 2. The molecule has 5 heterocycles. The predicted molar refractivity (Wildman–Crippen MR) is 269 cm³/mol. The highest BCUT2D eigenvalue weighted by Crippen LogP contribution is 2.40. The molecule has 2 aromatic carbocycles. The predicted octanol–water partition coefficient (Wildman–Crippen LogP) is 7.08. The van der Waals surface area contributed by atoms with E-state index in [0.29, 0.717) is 110 Å². The van der Waals surface area contributed by atoms with Crippen molar-refractivity contribution < 1.29 is 52.5 Å². The van der Waals surface area contributed by atoms with E-state index < -0.39 is 24.0 Å². The van der Waals surface area contributed by atoms with Crippen LogP contribution >= 0.6 is 23.5 Å². The molecule has 0 spiro atoms. The Balaban J connectivity index is 0.872. The first-order valence-electron chi connectivity index (χ1n) is 23.7. The van der Waals surface area contributed by atoms with E-state index in [4.69, 9.17) is 18.9 Å². The van der Waals surface area contributed by atoms with E-state index in [1.807, 2.05) is 12.3 Å². The maximum atomic E-state index is 13.9. The number of ether oxygens (including phenoxy) is 4. The van der Waals surface area contributed by atoms with Crippen LogP contribution in [0.4, 0.5) is 16.2 Å². The number of hydrogen-bond donors (Lipinski definition) is 2. The van der Waals surface area contributed by atoms with Crippen molar-refractivity contribution in [3.05, 3.63) is 75.6 Å². The number of aliphatic imine (C=N–C) groups is 1. The monoisotopic (exact) mass is 998 g/mol. The number of benzene rings is 2. The molecule has 19 heteroatoms. The summed E-state index contributed by atoms with van der Waals surface area (Å²) >= 11 is 3.04. The van der Waals surface area contributed by atoms with Gasteiger partial charge in [0, 0.05) is 68.2 Å². The molecule has 7 rings (SSSR count). The highest BCUT2D eigenvalue weighted by molar-refractivity contribution is 8.22. The number of nitrogens with zero attached hydrogens (tertiary/aromatic N) is 4. The number of carbonyl (C=O) groups is 7. The van der Waals surface area contributed by atoms with Crippen LogP contribution in [0.5, 0.6) is 17.2 Å². The highest BCUT2D eigenvalue weighted by atomic mass is 32.2. The summed E-state index contributed by atoms with van der Waals surface area (Å²) < 4.78 is 23.6. The maximum Gasteiger partial charge on any atom is 0.414 e. The number of rotatable bonds is 22. The van der Waals surface area contributed by atoms with E-state index in [0.717, 1.165) is 28.2 Å². The molecule has 70 heavy (non-hydrogen) atoms. The number of amides is 5. The lowest BCUT2D eigenvalue weighted by Gasteiger charge is -2.26. The maximum absolute atomic E-state index is 13.9. The van der Waals surface area contributed by atoms with E-state index in [1.165, 1.54) is 23.8 Å². The summed E-state index contributed by atoms with van der Waals surface area (Å²) in [6, 6.07) is 5.66. The third-order valence-corrected chi connectivity index (χ3v) is 15.0. The average Bonchev–Trinajstić information content (AvgIpc) is 4.08. The first kappa shape index (κ1) is 51.8. The van der Waals surface area contributed by atoms with Crippen LogP contribution in [0.15, 0.2) is 63.9 Å². The second-order valence-electron chi connectivity index (χ2n) is 18.3. The lowest BCUT2D eigenvalue weighted by Crippen LogP contribution is -2.42. The Bertz CT molecular complexity index is 2490. The van der Waals surface area contributed by atoms with Gasteiger partial charge in [0.1, 0.15) is 18.1 Å². The van der Waals surface area contributed by atoms with Crippen LogP contribution in [-0.4, -0.2) is 134 Å². The van der Waals surface area contributed by atoms with Crippen LogP contribution in [0.25, 0.3) is 0 Å². The number of hydrogen-bond acceptors (Lipinski definition) is 14. The summed E-state index contributed by atoms with van der Waals surface area (Å²) in [5.74, 6) is -0.680. The smallest absolute Gasteiger partial charge is 0.414 e. The van der Waals surface area contributed by atoms with Crippen LogP contribution in [-0.2, 0) is 23.9 Å². The third kappa shape index (κ3) is 12.6. The van der Waals surface area contributed by atoms with Crippen LogP contribution in [0.2, 0.25) is 0 Å². The van der Waals surface area contributed by atoms with Crippen molar-refractivity contribution in [2.75, 3.05) is 63.1 Å². The van der Waals surface area contributed by atoms with Crippen LogP contribution in [0.3, 0.4) is 0 Å². The molecule has 374 valence electrons. The Morgan fingerprint density at radius 2 is 1.59 bits per heavy atom. The lowest BCUT2D eigenvalue weighted by molar-refractivity contribution is -0.131. The summed E-state index contributed by atoms with van der Waals surface area (Å²) in [5, 5.41) is 8.12. The summed E-state index contributed by atoms with van der Waals surface area (Å²) in [7, 11) is 1.54. The SMILES string of the molecule is C=C1C[C@H]2CN(C(=O)OCCC(=O)CC(C)C(=O)NC(C)C(=O)CCCNC(=O)C3=CSCS3)c3cc(OCCCCCOc4cc5c(cc4OC)C(=O)N4CC(=C)C[C@H]4C=N5)c(C)cc3C(=O)N2C1. The van der Waals surface area contributed by atoms with E-state index in [-0.39, 0.29) is 73.8 Å². The van der Waals surface area contributed by atoms with Gasteiger partial charge in [-0.3, -0.25) is 38.7 Å². The number of methoxy groups -OCH3 is 1. The van der Waals surface area contributed by atoms with E-state index in [9.17, 15) is 33.6 Å². The fourth-order valence-electron chi connectivity index (χ4n) is 8.92. The molecule has 2 saturated heterocycles. The largest absolute Gasteiger partial charge is 0.493 e.